The number of carboxylic acid groups (broad SMARTS) is 1. The topological polar surface area (TPSA) is 90.5 Å². The predicted molar refractivity (Wildman–Crippen MR) is 73.1 cm³/mol. The van der Waals surface area contributed by atoms with Gasteiger partial charge in [-0.25, -0.2) is 4.79 Å². The normalized spacial score (nSPS) is 17.9. The molecule has 0 radical (unpaired) electrons. The van der Waals surface area contributed by atoms with Crippen molar-refractivity contribution >= 4 is 12.0 Å². The van der Waals surface area contributed by atoms with Gasteiger partial charge in [-0.2, -0.15) is 0 Å². The summed E-state index contributed by atoms with van der Waals surface area (Å²) < 4.78 is 0. The van der Waals surface area contributed by atoms with Gasteiger partial charge >= 0.3 is 12.0 Å². The van der Waals surface area contributed by atoms with E-state index in [-0.39, 0.29) is 12.1 Å². The van der Waals surface area contributed by atoms with Gasteiger partial charge in [-0.05, 0) is 53.6 Å². The van der Waals surface area contributed by atoms with Gasteiger partial charge < -0.3 is 21.1 Å². The van der Waals surface area contributed by atoms with Crippen molar-refractivity contribution in [2.45, 2.75) is 52.1 Å². The second-order valence-corrected chi connectivity index (χ2v) is 6.18. The third kappa shape index (κ3) is 3.83. The van der Waals surface area contributed by atoms with Crippen LogP contribution in [0.2, 0.25) is 0 Å². The molecule has 19 heavy (non-hydrogen) atoms. The van der Waals surface area contributed by atoms with Gasteiger partial charge in [-0.1, -0.05) is 0 Å². The van der Waals surface area contributed by atoms with Gasteiger partial charge in [0.15, 0.2) is 0 Å². The Hall–Kier alpha value is -1.30. The van der Waals surface area contributed by atoms with E-state index in [0.29, 0.717) is 0 Å². The van der Waals surface area contributed by atoms with Crippen LogP contribution < -0.4 is 16.0 Å². The summed E-state index contributed by atoms with van der Waals surface area (Å²) in [5.74, 6) is -0.931. The number of amides is 2. The van der Waals surface area contributed by atoms with Crippen LogP contribution >= 0.6 is 0 Å². The van der Waals surface area contributed by atoms with Gasteiger partial charge in [0.25, 0.3) is 0 Å². The number of rotatable bonds is 4. The number of hydrogen-bond donors (Lipinski definition) is 4. The fourth-order valence-electron chi connectivity index (χ4n) is 1.90. The number of urea groups is 1. The molecule has 2 amide bonds. The highest BCUT2D eigenvalue weighted by molar-refractivity contribution is 5.79. The van der Waals surface area contributed by atoms with E-state index in [1.165, 1.54) is 0 Å². The quantitative estimate of drug-likeness (QED) is 0.612. The van der Waals surface area contributed by atoms with Crippen LogP contribution in [-0.4, -0.2) is 41.8 Å². The van der Waals surface area contributed by atoms with E-state index in [9.17, 15) is 14.7 Å². The first kappa shape index (κ1) is 15.8. The Bertz CT molecular complexity index is 347. The van der Waals surface area contributed by atoms with E-state index >= 15 is 0 Å². The molecule has 6 heteroatoms. The van der Waals surface area contributed by atoms with Crippen LogP contribution in [0.25, 0.3) is 0 Å². The van der Waals surface area contributed by atoms with E-state index in [0.717, 1.165) is 25.9 Å². The molecule has 0 aromatic rings. The molecule has 1 aliphatic rings. The maximum Gasteiger partial charge on any atom is 0.315 e. The molecule has 0 bridgehead atoms. The lowest BCUT2D eigenvalue weighted by molar-refractivity contribution is -0.150. The fourth-order valence-corrected chi connectivity index (χ4v) is 1.90. The minimum atomic E-state index is -1.04. The Morgan fingerprint density at radius 1 is 1.16 bits per heavy atom. The fraction of sp³-hybridized carbons (Fsp3) is 0.846. The summed E-state index contributed by atoms with van der Waals surface area (Å²) >= 11 is 0. The smallest absolute Gasteiger partial charge is 0.315 e. The average Bonchev–Trinajstić information content (AvgIpc) is 2.28. The molecule has 1 rings (SSSR count). The third-order valence-electron chi connectivity index (χ3n) is 4.20. The molecule has 0 unspecified atom stereocenters. The van der Waals surface area contributed by atoms with E-state index in [1.54, 1.807) is 27.7 Å². The van der Waals surface area contributed by atoms with Gasteiger partial charge in [-0.15, -0.1) is 0 Å². The van der Waals surface area contributed by atoms with Crippen LogP contribution in [0.3, 0.4) is 0 Å². The van der Waals surface area contributed by atoms with Crippen LogP contribution in [0.4, 0.5) is 4.79 Å². The van der Waals surface area contributed by atoms with Crippen molar-refractivity contribution < 1.29 is 14.7 Å². The number of carbonyl (C=O) groups excluding carboxylic acids is 1. The lowest BCUT2D eigenvalue weighted by atomic mass is 9.74. The van der Waals surface area contributed by atoms with Crippen LogP contribution in [0.5, 0.6) is 0 Å². The van der Waals surface area contributed by atoms with Gasteiger partial charge in [0.05, 0.1) is 11.0 Å². The monoisotopic (exact) mass is 271 g/mol. The number of aliphatic carboxylic acids is 1. The van der Waals surface area contributed by atoms with Crippen molar-refractivity contribution in [2.24, 2.45) is 5.41 Å². The summed E-state index contributed by atoms with van der Waals surface area (Å²) in [7, 11) is 0. The third-order valence-corrected chi connectivity index (χ3v) is 4.20. The Kier molecular flexibility index (Phi) is 4.79. The Morgan fingerprint density at radius 2 is 1.68 bits per heavy atom. The van der Waals surface area contributed by atoms with Crippen molar-refractivity contribution in [1.29, 1.82) is 0 Å². The Balaban J connectivity index is 2.57. The molecule has 110 valence electrons. The first-order valence-electron chi connectivity index (χ1n) is 6.69. The van der Waals surface area contributed by atoms with E-state index in [2.05, 4.69) is 16.0 Å². The number of nitrogens with one attached hydrogen (secondary N) is 3. The SMILES string of the molecule is CC(C)(NC(=O)NC1CCNCC1)C(C)(C)C(=O)O. The second-order valence-electron chi connectivity index (χ2n) is 6.18. The Labute approximate surface area is 114 Å². The maximum absolute atomic E-state index is 12.0. The summed E-state index contributed by atoms with van der Waals surface area (Å²) in [6.45, 7) is 8.47. The van der Waals surface area contributed by atoms with Crippen LogP contribution in [0.1, 0.15) is 40.5 Å². The van der Waals surface area contributed by atoms with E-state index in [1.807, 2.05) is 0 Å². The molecular formula is C13H25N3O3. The molecule has 0 atom stereocenters. The first-order valence-corrected chi connectivity index (χ1v) is 6.69. The number of carbonyl (C=O) groups is 2. The molecule has 0 aliphatic carbocycles. The summed E-state index contributed by atoms with van der Waals surface area (Å²) in [4.78, 5) is 23.2. The highest BCUT2D eigenvalue weighted by Gasteiger charge is 2.44. The summed E-state index contributed by atoms with van der Waals surface area (Å²) in [5, 5.41) is 18.1. The van der Waals surface area contributed by atoms with Gasteiger partial charge in [-0.3, -0.25) is 4.79 Å². The van der Waals surface area contributed by atoms with E-state index < -0.39 is 16.9 Å². The number of hydrogen-bond acceptors (Lipinski definition) is 3. The predicted octanol–water partition coefficient (Wildman–Crippen LogP) is 0.927. The minimum Gasteiger partial charge on any atom is -0.481 e. The zero-order valence-electron chi connectivity index (χ0n) is 12.2. The molecule has 6 nitrogen and oxygen atoms in total. The molecule has 0 spiro atoms. The van der Waals surface area contributed by atoms with Crippen molar-refractivity contribution in [3.63, 3.8) is 0 Å². The van der Waals surface area contributed by atoms with Crippen molar-refractivity contribution in [3.8, 4) is 0 Å². The Morgan fingerprint density at radius 3 is 2.16 bits per heavy atom. The average molecular weight is 271 g/mol. The molecule has 4 N–H and O–H groups in total. The zero-order valence-corrected chi connectivity index (χ0v) is 12.2. The molecular weight excluding hydrogens is 246 g/mol. The van der Waals surface area contributed by atoms with Crippen molar-refractivity contribution in [3.05, 3.63) is 0 Å². The minimum absolute atomic E-state index is 0.157. The standard InChI is InChI=1S/C13H25N3O3/c1-12(2,10(17)18)13(3,4)16-11(19)15-9-5-7-14-8-6-9/h9,14H,5-8H2,1-4H3,(H,17,18)(H2,15,16,19). The first-order chi connectivity index (χ1) is 8.67. The van der Waals surface area contributed by atoms with Crippen molar-refractivity contribution in [2.75, 3.05) is 13.1 Å². The molecule has 0 saturated carbocycles. The number of piperidine rings is 1. The largest absolute Gasteiger partial charge is 0.481 e. The molecule has 1 aliphatic heterocycles. The molecule has 1 fully saturated rings. The summed E-state index contributed by atoms with van der Waals surface area (Å²) in [6, 6.07) is -0.142. The van der Waals surface area contributed by atoms with E-state index in [4.69, 9.17) is 0 Å². The van der Waals surface area contributed by atoms with Gasteiger partial charge in [0.2, 0.25) is 0 Å². The van der Waals surface area contributed by atoms with Crippen LogP contribution in [0.15, 0.2) is 0 Å². The van der Waals surface area contributed by atoms with Gasteiger partial charge in [0, 0.05) is 6.04 Å². The summed E-state index contributed by atoms with van der Waals surface area (Å²) in [5.41, 5.74) is -1.88. The molecule has 1 heterocycles. The van der Waals surface area contributed by atoms with Crippen molar-refractivity contribution in [1.82, 2.24) is 16.0 Å². The highest BCUT2D eigenvalue weighted by Crippen LogP contribution is 2.30. The van der Waals surface area contributed by atoms with Crippen LogP contribution in [0, 0.1) is 5.41 Å². The van der Waals surface area contributed by atoms with Gasteiger partial charge in [0.1, 0.15) is 0 Å². The second kappa shape index (κ2) is 5.77. The maximum atomic E-state index is 12.0. The molecule has 0 aromatic carbocycles. The highest BCUT2D eigenvalue weighted by atomic mass is 16.4. The summed E-state index contributed by atoms with van der Waals surface area (Å²) in [6.07, 6.45) is 1.80. The lowest BCUT2D eigenvalue weighted by Gasteiger charge is -2.39. The zero-order chi connectivity index (χ0) is 14.7. The number of carboxylic acids is 1. The molecule has 0 aromatic heterocycles. The molecule has 1 saturated heterocycles. The lowest BCUT2D eigenvalue weighted by Crippen LogP contribution is -2.60. The van der Waals surface area contributed by atoms with Crippen LogP contribution in [-0.2, 0) is 4.79 Å².